The number of hydrogen-bond donors (Lipinski definition) is 1. The van der Waals surface area contributed by atoms with Crippen molar-refractivity contribution in [2.24, 2.45) is 5.92 Å². The number of sulfonamides is 1. The van der Waals surface area contributed by atoms with Gasteiger partial charge in [0, 0.05) is 12.3 Å². The highest BCUT2D eigenvalue weighted by atomic mass is 32.2. The smallest absolute Gasteiger partial charge is 0.324 e. The number of ketones is 1. The van der Waals surface area contributed by atoms with Crippen molar-refractivity contribution >= 4 is 21.8 Å². The Hall–Kier alpha value is -1.73. The molecule has 0 unspecified atom stereocenters. The molecule has 128 valence electrons. The Morgan fingerprint density at radius 2 is 1.74 bits per heavy atom. The number of carbonyl (C=O) groups is 2. The molecule has 2 atom stereocenters. The molecule has 0 amide bonds. The van der Waals surface area contributed by atoms with E-state index in [0.29, 0.717) is 0 Å². The van der Waals surface area contributed by atoms with Gasteiger partial charge >= 0.3 is 5.97 Å². The molecule has 23 heavy (non-hydrogen) atoms. The van der Waals surface area contributed by atoms with Crippen LogP contribution in [0.15, 0.2) is 29.2 Å². The molecule has 1 rings (SSSR count). The number of hydrogen-bond acceptors (Lipinski definition) is 5. The van der Waals surface area contributed by atoms with Gasteiger partial charge in [-0.15, -0.1) is 0 Å². The number of aryl methyl sites for hydroxylation is 1. The number of Topliss-reactive ketones (excluding diaryl/α,β-unsaturated/α-hetero) is 1. The van der Waals surface area contributed by atoms with Crippen molar-refractivity contribution in [2.75, 3.05) is 6.61 Å². The summed E-state index contributed by atoms with van der Waals surface area (Å²) in [6, 6.07) is 4.98. The van der Waals surface area contributed by atoms with E-state index in [0.717, 1.165) is 5.56 Å². The third-order valence-electron chi connectivity index (χ3n) is 3.51. The van der Waals surface area contributed by atoms with Gasteiger partial charge < -0.3 is 4.74 Å². The van der Waals surface area contributed by atoms with Gasteiger partial charge in [-0.1, -0.05) is 31.5 Å². The monoisotopic (exact) mass is 341 g/mol. The van der Waals surface area contributed by atoms with Gasteiger partial charge in [0.15, 0.2) is 0 Å². The van der Waals surface area contributed by atoms with Crippen molar-refractivity contribution < 1.29 is 22.7 Å². The van der Waals surface area contributed by atoms with Crippen molar-refractivity contribution in [3.8, 4) is 0 Å². The molecule has 0 radical (unpaired) electrons. The number of rotatable bonds is 8. The second-order valence-electron chi connectivity index (χ2n) is 5.27. The first-order valence-electron chi connectivity index (χ1n) is 7.51. The molecule has 0 fully saturated rings. The molecule has 0 saturated heterocycles. The van der Waals surface area contributed by atoms with Crippen LogP contribution in [0.4, 0.5) is 0 Å². The highest BCUT2D eigenvalue weighted by molar-refractivity contribution is 7.89. The fourth-order valence-corrected chi connectivity index (χ4v) is 3.31. The van der Waals surface area contributed by atoms with Crippen molar-refractivity contribution in [3.05, 3.63) is 29.8 Å². The molecule has 1 aromatic rings. The van der Waals surface area contributed by atoms with Gasteiger partial charge in [-0.25, -0.2) is 8.42 Å². The maximum absolute atomic E-state index is 12.4. The Balaban J connectivity index is 3.10. The topological polar surface area (TPSA) is 89.5 Å². The van der Waals surface area contributed by atoms with Crippen LogP contribution >= 0.6 is 0 Å². The van der Waals surface area contributed by atoms with Gasteiger partial charge in [0.25, 0.3) is 0 Å². The highest BCUT2D eigenvalue weighted by Gasteiger charge is 2.34. The lowest BCUT2D eigenvalue weighted by Crippen LogP contribution is -2.48. The van der Waals surface area contributed by atoms with Crippen LogP contribution in [0.25, 0.3) is 0 Å². The van der Waals surface area contributed by atoms with E-state index in [9.17, 15) is 18.0 Å². The van der Waals surface area contributed by atoms with E-state index in [1.165, 1.54) is 19.1 Å². The third kappa shape index (κ3) is 5.14. The van der Waals surface area contributed by atoms with Crippen molar-refractivity contribution in [1.82, 2.24) is 4.72 Å². The van der Waals surface area contributed by atoms with Gasteiger partial charge in [-0.05, 0) is 26.0 Å². The number of carbonyl (C=O) groups excluding carboxylic acids is 2. The van der Waals surface area contributed by atoms with Crippen LogP contribution in [0.3, 0.4) is 0 Å². The van der Waals surface area contributed by atoms with E-state index in [2.05, 4.69) is 4.72 Å². The van der Waals surface area contributed by atoms with E-state index in [-0.39, 0.29) is 23.7 Å². The Kier molecular flexibility index (Phi) is 6.90. The summed E-state index contributed by atoms with van der Waals surface area (Å²) in [5, 5.41) is 0. The first-order chi connectivity index (χ1) is 10.7. The van der Waals surface area contributed by atoms with E-state index in [4.69, 9.17) is 4.74 Å². The number of benzene rings is 1. The van der Waals surface area contributed by atoms with Gasteiger partial charge in [-0.2, -0.15) is 4.72 Å². The zero-order chi connectivity index (χ0) is 17.6. The van der Waals surface area contributed by atoms with Crippen LogP contribution in [0.1, 0.15) is 32.8 Å². The van der Waals surface area contributed by atoms with Gasteiger partial charge in [0.1, 0.15) is 11.8 Å². The predicted molar refractivity (Wildman–Crippen MR) is 86.4 cm³/mol. The molecule has 0 aromatic heterocycles. The van der Waals surface area contributed by atoms with Crippen molar-refractivity contribution in [2.45, 2.75) is 45.1 Å². The summed E-state index contributed by atoms with van der Waals surface area (Å²) in [7, 11) is -3.93. The molecule has 6 nitrogen and oxygen atoms in total. The minimum atomic E-state index is -3.93. The van der Waals surface area contributed by atoms with Crippen LogP contribution < -0.4 is 4.72 Å². The molecule has 0 aliphatic heterocycles. The summed E-state index contributed by atoms with van der Waals surface area (Å²) in [5.41, 5.74) is 0.917. The average Bonchev–Trinajstić information content (AvgIpc) is 2.51. The standard InChI is InChI=1S/C16H23NO5S/c1-5-14(18)12(4)15(16(19)22-6-2)17-23(20,21)13-9-7-11(3)8-10-13/h7-10,12,15,17H,5-6H2,1-4H3/t12-,15-/m1/s1. The zero-order valence-corrected chi connectivity index (χ0v) is 14.6. The maximum atomic E-state index is 12.4. The second kappa shape index (κ2) is 8.21. The van der Waals surface area contributed by atoms with Crippen molar-refractivity contribution in [1.29, 1.82) is 0 Å². The lowest BCUT2D eigenvalue weighted by Gasteiger charge is -2.22. The van der Waals surface area contributed by atoms with Crippen molar-refractivity contribution in [3.63, 3.8) is 0 Å². The van der Waals surface area contributed by atoms with E-state index in [1.54, 1.807) is 26.0 Å². The summed E-state index contributed by atoms with van der Waals surface area (Å²) in [6.07, 6.45) is 0.212. The molecule has 0 spiro atoms. The summed E-state index contributed by atoms with van der Waals surface area (Å²) in [5.74, 6) is -1.77. The van der Waals surface area contributed by atoms with Gasteiger partial charge in [0.05, 0.1) is 11.5 Å². The third-order valence-corrected chi connectivity index (χ3v) is 4.97. The fraction of sp³-hybridized carbons (Fsp3) is 0.500. The number of ether oxygens (including phenoxy) is 1. The minimum absolute atomic E-state index is 0.0357. The van der Waals surface area contributed by atoms with Crippen LogP contribution in [0.2, 0.25) is 0 Å². The Morgan fingerprint density at radius 3 is 2.22 bits per heavy atom. The quantitative estimate of drug-likeness (QED) is 0.729. The van der Waals surface area contributed by atoms with Crippen LogP contribution in [-0.2, 0) is 24.3 Å². The summed E-state index contributed by atoms with van der Waals surface area (Å²) < 4.78 is 32.1. The first-order valence-corrected chi connectivity index (χ1v) is 8.99. The minimum Gasteiger partial charge on any atom is -0.465 e. The fourth-order valence-electron chi connectivity index (χ4n) is 2.05. The largest absolute Gasteiger partial charge is 0.465 e. The molecule has 0 saturated carbocycles. The number of nitrogens with one attached hydrogen (secondary N) is 1. The first kappa shape index (κ1) is 19.3. The zero-order valence-electron chi connectivity index (χ0n) is 13.8. The molecule has 1 N–H and O–H groups in total. The lowest BCUT2D eigenvalue weighted by atomic mass is 9.96. The van der Waals surface area contributed by atoms with E-state index in [1.807, 2.05) is 6.92 Å². The molecule has 0 aliphatic carbocycles. The second-order valence-corrected chi connectivity index (χ2v) is 6.99. The molecular formula is C16H23NO5S. The summed E-state index contributed by atoms with van der Waals surface area (Å²) >= 11 is 0. The molecule has 0 heterocycles. The Labute approximate surface area is 137 Å². The normalized spacial score (nSPS) is 14.1. The van der Waals surface area contributed by atoms with E-state index >= 15 is 0 Å². The Bertz CT molecular complexity index is 652. The van der Waals surface area contributed by atoms with Gasteiger partial charge in [0.2, 0.25) is 10.0 Å². The molecular weight excluding hydrogens is 318 g/mol. The lowest BCUT2D eigenvalue weighted by molar-refractivity contribution is -0.148. The summed E-state index contributed by atoms with van der Waals surface area (Å²) in [6.45, 7) is 6.75. The van der Waals surface area contributed by atoms with E-state index < -0.39 is 28.0 Å². The highest BCUT2D eigenvalue weighted by Crippen LogP contribution is 2.15. The number of esters is 1. The summed E-state index contributed by atoms with van der Waals surface area (Å²) in [4.78, 5) is 24.0. The predicted octanol–water partition coefficient (Wildman–Crippen LogP) is 1.82. The van der Waals surface area contributed by atoms with Crippen LogP contribution in [0, 0.1) is 12.8 Å². The maximum Gasteiger partial charge on any atom is 0.324 e. The average molecular weight is 341 g/mol. The molecule has 0 aliphatic rings. The SMILES string of the molecule is CCOC(=O)[C@H](NS(=O)(=O)c1ccc(C)cc1)[C@H](C)C(=O)CC. The Morgan fingerprint density at radius 1 is 1.17 bits per heavy atom. The van der Waals surface area contributed by atoms with Gasteiger partial charge in [-0.3, -0.25) is 9.59 Å². The molecule has 1 aromatic carbocycles. The molecule has 7 heteroatoms. The van der Waals surface area contributed by atoms with Crippen LogP contribution in [-0.4, -0.2) is 32.8 Å². The van der Waals surface area contributed by atoms with Crippen LogP contribution in [0.5, 0.6) is 0 Å². The molecule has 0 bridgehead atoms.